The third-order valence-electron chi connectivity index (χ3n) is 15.4. The number of carbonyl (C=O) groups is 1. The maximum atomic E-state index is 10.4. The molecule has 0 aliphatic heterocycles. The lowest BCUT2D eigenvalue weighted by Gasteiger charge is -2.32. The molecule has 6 aliphatic rings. The van der Waals surface area contributed by atoms with E-state index in [1.165, 1.54) is 123 Å². The molecule has 4 aromatic rings. The highest BCUT2D eigenvalue weighted by Gasteiger charge is 2.26. The summed E-state index contributed by atoms with van der Waals surface area (Å²) in [6.45, 7) is 0.743. The Balaban J connectivity index is 0.000000144. The van der Waals surface area contributed by atoms with E-state index in [4.69, 9.17) is 38.4 Å². The van der Waals surface area contributed by atoms with Gasteiger partial charge in [0, 0.05) is 52.5 Å². The van der Waals surface area contributed by atoms with Crippen molar-refractivity contribution in [3.8, 4) is 0 Å². The van der Waals surface area contributed by atoms with Crippen molar-refractivity contribution in [2.45, 2.75) is 178 Å². The van der Waals surface area contributed by atoms with E-state index in [0.717, 1.165) is 92.4 Å². The van der Waals surface area contributed by atoms with E-state index in [1.807, 2.05) is 11.3 Å². The number of hydrogen-bond donors (Lipinski definition) is 5. The molecule has 4 heterocycles. The molecule has 0 amide bonds. The van der Waals surface area contributed by atoms with Gasteiger partial charge in [-0.2, -0.15) is 0 Å². The van der Waals surface area contributed by atoms with E-state index in [1.54, 1.807) is 28.1 Å². The van der Waals surface area contributed by atoms with Crippen LogP contribution in [0.4, 0.5) is 0 Å². The molecule has 0 saturated heterocycles. The van der Waals surface area contributed by atoms with E-state index >= 15 is 0 Å². The molecule has 10 rings (SSSR count). The number of aromatic nitrogens is 4. The molecule has 0 radical (unpaired) electrons. The first-order valence-corrected chi connectivity index (χ1v) is 27.3. The van der Waals surface area contributed by atoms with E-state index in [-0.39, 0.29) is 12.0 Å². The molecule has 0 atom stereocenters. The van der Waals surface area contributed by atoms with Gasteiger partial charge < -0.3 is 36.6 Å². The number of carboxylic acid groups (broad SMARTS) is 1. The Kier molecular flexibility index (Phi) is 21.3. The van der Waals surface area contributed by atoms with E-state index in [9.17, 15) is 4.79 Å². The summed E-state index contributed by atoms with van der Waals surface area (Å²) in [4.78, 5) is 37.9. The second-order valence-corrected chi connectivity index (χ2v) is 23.0. The molecular formula is C51H81ClN8O4S2. The normalized spacial score (nSPS) is 27.1. The molecule has 0 unspecified atom stereocenters. The van der Waals surface area contributed by atoms with Crippen LogP contribution in [0.3, 0.4) is 0 Å². The number of aliphatic hydroxyl groups is 2. The molecule has 4 fully saturated rings. The van der Waals surface area contributed by atoms with E-state index in [0.29, 0.717) is 36.2 Å². The molecule has 66 heavy (non-hydrogen) atoms. The lowest BCUT2D eigenvalue weighted by molar-refractivity contribution is -0.142. The zero-order chi connectivity index (χ0) is 47.2. The zero-order valence-electron chi connectivity index (χ0n) is 40.4. The van der Waals surface area contributed by atoms with Crippen LogP contribution in [0.5, 0.6) is 0 Å². The van der Waals surface area contributed by atoms with Crippen molar-refractivity contribution in [3.05, 3.63) is 44.4 Å². The summed E-state index contributed by atoms with van der Waals surface area (Å²) >= 11 is 9.71. The number of carboxylic acids is 1. The summed E-state index contributed by atoms with van der Waals surface area (Å²) in [7, 11) is 8.73. The summed E-state index contributed by atoms with van der Waals surface area (Å²) in [5.41, 5.74) is 15.6. The summed E-state index contributed by atoms with van der Waals surface area (Å²) in [5, 5.41) is 29.4. The van der Waals surface area contributed by atoms with Crippen LogP contribution in [0.15, 0.2) is 12.7 Å². The number of rotatable bonds is 8. The van der Waals surface area contributed by atoms with Gasteiger partial charge in [-0.3, -0.25) is 4.79 Å². The first-order valence-electron chi connectivity index (χ1n) is 25.3. The molecule has 0 spiro atoms. The molecule has 6 aliphatic carbocycles. The maximum absolute atomic E-state index is 10.4. The molecule has 0 bridgehead atoms. The van der Waals surface area contributed by atoms with Gasteiger partial charge in [-0.25, -0.2) is 19.9 Å². The quantitative estimate of drug-likeness (QED) is 0.106. The van der Waals surface area contributed by atoms with Crippen LogP contribution < -0.4 is 11.5 Å². The molecule has 4 aromatic heterocycles. The first-order chi connectivity index (χ1) is 31.8. The molecule has 12 nitrogen and oxygen atoms in total. The summed E-state index contributed by atoms with van der Waals surface area (Å²) in [5.74, 6) is 1.24. The van der Waals surface area contributed by atoms with Gasteiger partial charge in [0.15, 0.2) is 0 Å². The lowest BCUT2D eigenvalue weighted by Crippen LogP contribution is -2.32. The largest absolute Gasteiger partial charge is 0.481 e. The SMILES string of the molecule is CN(C)C1CCC(CCc2ncnc3sc4c(c23)CCC4)CC1.CN(C)C1CCC(CO)CC1.Clc1ncnc2sc3c(c12)CCC3.NC1CCC(C(=O)O)CC1.NC1CCC(CO)CC1. The zero-order valence-corrected chi connectivity index (χ0v) is 42.8. The van der Waals surface area contributed by atoms with Crippen molar-refractivity contribution in [3.63, 3.8) is 0 Å². The topological polar surface area (TPSA) is 188 Å². The van der Waals surface area contributed by atoms with Crippen LogP contribution >= 0.6 is 34.3 Å². The van der Waals surface area contributed by atoms with Crippen LogP contribution in [0.1, 0.15) is 149 Å². The fourth-order valence-electron chi connectivity index (χ4n) is 10.9. The predicted molar refractivity (Wildman–Crippen MR) is 273 cm³/mol. The third-order valence-corrected chi connectivity index (χ3v) is 18.1. The standard InChI is InChI=1S/C19H27N3S.C9H7ClN2S.C9H19NO.C7H13NO2.C7H15NO/c1-22(2)14-9-6-13(7-10-14)8-11-16-18-15-4-3-5-17(15)23-19(18)21-12-20-16;10-8-7-5-2-1-3-6(5)13-9(7)12-4-11-8;1-10(2)9-5-3-8(7-11)4-6-9;8-6-3-1-5(2-4-6)7(9)10;8-7-3-1-6(5-9)2-4-7/h12-14H,3-11H2,1-2H3;4H,1-3H2;8-9,11H,3-7H2,1-2H3;5-6H,1-4,8H2,(H,9,10);6-7,9H,1-5,8H2. The van der Waals surface area contributed by atoms with E-state index in [2.05, 4.69) is 57.9 Å². The van der Waals surface area contributed by atoms with Crippen LogP contribution in [0.25, 0.3) is 20.4 Å². The number of aliphatic carboxylic acids is 1. The van der Waals surface area contributed by atoms with Gasteiger partial charge in [0.2, 0.25) is 0 Å². The van der Waals surface area contributed by atoms with Gasteiger partial charge in [-0.05, 0) is 211 Å². The first kappa shape index (κ1) is 53.0. The third kappa shape index (κ3) is 15.1. The summed E-state index contributed by atoms with van der Waals surface area (Å²) < 4.78 is 0. The van der Waals surface area contributed by atoms with Gasteiger partial charge >= 0.3 is 5.97 Å². The molecular weight excluding hydrogens is 888 g/mol. The number of aryl methyl sites for hydroxylation is 5. The van der Waals surface area contributed by atoms with Crippen LogP contribution in [-0.2, 0) is 36.9 Å². The van der Waals surface area contributed by atoms with Gasteiger partial charge in [0.25, 0.3) is 0 Å². The van der Waals surface area contributed by atoms with Crippen LogP contribution in [-0.4, -0.2) is 117 Å². The number of aliphatic hydroxyl groups excluding tert-OH is 2. The number of halogens is 1. The molecule has 15 heteroatoms. The van der Waals surface area contributed by atoms with Gasteiger partial charge in [0.05, 0.1) is 17.0 Å². The number of nitrogens with zero attached hydrogens (tertiary/aromatic N) is 6. The molecule has 4 saturated carbocycles. The number of fused-ring (bicyclic) bond motifs is 6. The number of nitrogens with two attached hydrogens (primary N) is 2. The average Bonchev–Trinajstić information content (AvgIpc) is 4.13. The average molecular weight is 970 g/mol. The molecule has 7 N–H and O–H groups in total. The Morgan fingerprint density at radius 3 is 1.55 bits per heavy atom. The highest BCUT2D eigenvalue weighted by Crippen LogP contribution is 2.40. The number of thiophene rings is 2. The van der Waals surface area contributed by atoms with Crippen molar-refractivity contribution in [2.75, 3.05) is 41.4 Å². The fraction of sp³-hybridized carbons (Fsp3) is 0.745. The maximum Gasteiger partial charge on any atom is 0.306 e. The lowest BCUT2D eigenvalue weighted by atomic mass is 9.82. The van der Waals surface area contributed by atoms with Crippen LogP contribution in [0, 0.1) is 23.7 Å². The van der Waals surface area contributed by atoms with Crippen LogP contribution in [0.2, 0.25) is 5.15 Å². The Hall–Kier alpha value is -2.40. The molecule has 368 valence electrons. The smallest absolute Gasteiger partial charge is 0.306 e. The predicted octanol–water partition coefficient (Wildman–Crippen LogP) is 9.25. The van der Waals surface area contributed by atoms with Crippen molar-refractivity contribution < 1.29 is 20.1 Å². The Bertz CT molecular complexity index is 2070. The van der Waals surface area contributed by atoms with Gasteiger partial charge in [-0.1, -0.05) is 11.6 Å². The minimum absolute atomic E-state index is 0.125. The fourth-order valence-corrected chi connectivity index (χ4v) is 13.7. The second-order valence-electron chi connectivity index (χ2n) is 20.5. The minimum atomic E-state index is -0.660. The van der Waals surface area contributed by atoms with Gasteiger partial charge in [0.1, 0.15) is 27.5 Å². The summed E-state index contributed by atoms with van der Waals surface area (Å²) in [6, 6.07) is 2.22. The molecule has 0 aromatic carbocycles. The summed E-state index contributed by atoms with van der Waals surface area (Å²) in [6.07, 6.45) is 31.3. The highest BCUT2D eigenvalue weighted by molar-refractivity contribution is 7.19. The van der Waals surface area contributed by atoms with Gasteiger partial charge in [-0.15, -0.1) is 22.7 Å². The minimum Gasteiger partial charge on any atom is -0.481 e. The Labute approximate surface area is 407 Å². The number of hydrogen-bond acceptors (Lipinski definition) is 13. The monoisotopic (exact) mass is 969 g/mol. The van der Waals surface area contributed by atoms with Crippen molar-refractivity contribution in [1.29, 1.82) is 0 Å². The van der Waals surface area contributed by atoms with Crippen molar-refractivity contribution in [1.82, 2.24) is 29.7 Å². The second kappa shape index (κ2) is 26.5. The Morgan fingerprint density at radius 1 is 0.621 bits per heavy atom. The highest BCUT2D eigenvalue weighted by atomic mass is 35.5. The van der Waals surface area contributed by atoms with Crippen molar-refractivity contribution >= 4 is 60.7 Å². The Morgan fingerprint density at radius 2 is 1.06 bits per heavy atom. The van der Waals surface area contributed by atoms with E-state index < -0.39 is 5.97 Å². The van der Waals surface area contributed by atoms with Crippen molar-refractivity contribution in [2.24, 2.45) is 35.1 Å².